The highest BCUT2D eigenvalue weighted by atomic mass is 16.5. The van der Waals surface area contributed by atoms with E-state index in [2.05, 4.69) is 0 Å². The van der Waals surface area contributed by atoms with Gasteiger partial charge in [0.15, 0.2) is 0 Å². The van der Waals surface area contributed by atoms with Crippen LogP contribution in [0.5, 0.6) is 0 Å². The number of nitrogens with two attached hydrogens (primary N) is 1. The molecule has 0 aromatic rings. The Morgan fingerprint density at radius 3 is 2.90 bits per heavy atom. The zero-order valence-electron chi connectivity index (χ0n) is 5.80. The Morgan fingerprint density at radius 2 is 2.50 bits per heavy atom. The molecule has 2 aliphatic rings. The maximum Gasteiger partial charge on any atom is 0.221 e. The van der Waals surface area contributed by atoms with Crippen molar-refractivity contribution in [1.82, 2.24) is 0 Å². The predicted molar refractivity (Wildman–Crippen MR) is 35.2 cm³/mol. The average Bonchev–Trinajstić information content (AvgIpc) is 2.32. The first-order chi connectivity index (χ1) is 4.75. The first kappa shape index (κ1) is 6.16. The Kier molecular flexibility index (Phi) is 1.06. The lowest BCUT2D eigenvalue weighted by atomic mass is 10.0. The summed E-state index contributed by atoms with van der Waals surface area (Å²) in [6.07, 6.45) is 1.99. The van der Waals surface area contributed by atoms with Crippen LogP contribution in [0, 0.1) is 11.3 Å². The zero-order chi connectivity index (χ0) is 7.19. The molecule has 1 spiro atoms. The SMILES string of the molecule is NC(=O)C1CC12CCOC2. The van der Waals surface area contributed by atoms with Crippen molar-refractivity contribution in [1.29, 1.82) is 0 Å². The van der Waals surface area contributed by atoms with Crippen molar-refractivity contribution in [3.8, 4) is 0 Å². The predicted octanol–water partition coefficient (Wildman–Crippen LogP) is -0.102. The number of carbonyl (C=O) groups excluding carboxylic acids is 1. The third-order valence-electron chi connectivity index (χ3n) is 2.67. The molecule has 1 amide bonds. The summed E-state index contributed by atoms with van der Waals surface area (Å²) in [5.41, 5.74) is 5.34. The van der Waals surface area contributed by atoms with Gasteiger partial charge in [0.2, 0.25) is 5.91 Å². The highest BCUT2D eigenvalue weighted by Crippen LogP contribution is 2.57. The number of amides is 1. The van der Waals surface area contributed by atoms with Gasteiger partial charge in [-0.15, -0.1) is 0 Å². The maximum atomic E-state index is 10.7. The van der Waals surface area contributed by atoms with E-state index in [1.807, 2.05) is 0 Å². The van der Waals surface area contributed by atoms with Gasteiger partial charge in [-0.2, -0.15) is 0 Å². The lowest BCUT2D eigenvalue weighted by Crippen LogP contribution is -2.18. The summed E-state index contributed by atoms with van der Waals surface area (Å²) in [6.45, 7) is 1.56. The summed E-state index contributed by atoms with van der Waals surface area (Å²) in [4.78, 5) is 10.7. The van der Waals surface area contributed by atoms with E-state index in [-0.39, 0.29) is 17.2 Å². The topological polar surface area (TPSA) is 52.3 Å². The summed E-state index contributed by atoms with van der Waals surface area (Å²) in [5.74, 6) is -0.0273. The number of hydrogen-bond donors (Lipinski definition) is 1. The minimum Gasteiger partial charge on any atom is -0.381 e. The van der Waals surface area contributed by atoms with E-state index in [0.29, 0.717) is 0 Å². The molecule has 2 fully saturated rings. The van der Waals surface area contributed by atoms with Gasteiger partial charge in [0.05, 0.1) is 6.61 Å². The molecule has 0 radical (unpaired) electrons. The van der Waals surface area contributed by atoms with Crippen molar-refractivity contribution in [2.24, 2.45) is 17.1 Å². The fourth-order valence-corrected chi connectivity index (χ4v) is 1.81. The molecule has 1 saturated carbocycles. The van der Waals surface area contributed by atoms with Crippen LogP contribution in [0.2, 0.25) is 0 Å². The first-order valence-electron chi connectivity index (χ1n) is 3.62. The van der Waals surface area contributed by atoms with Gasteiger partial charge in [-0.1, -0.05) is 0 Å². The van der Waals surface area contributed by atoms with Crippen LogP contribution in [-0.4, -0.2) is 19.1 Å². The second-order valence-electron chi connectivity index (χ2n) is 3.32. The van der Waals surface area contributed by atoms with Crippen LogP contribution in [-0.2, 0) is 9.53 Å². The van der Waals surface area contributed by atoms with Crippen molar-refractivity contribution in [2.45, 2.75) is 12.8 Å². The van der Waals surface area contributed by atoms with E-state index in [1.165, 1.54) is 0 Å². The van der Waals surface area contributed by atoms with E-state index >= 15 is 0 Å². The van der Waals surface area contributed by atoms with Gasteiger partial charge >= 0.3 is 0 Å². The van der Waals surface area contributed by atoms with Crippen molar-refractivity contribution in [3.05, 3.63) is 0 Å². The van der Waals surface area contributed by atoms with Crippen molar-refractivity contribution in [3.63, 3.8) is 0 Å². The molecular weight excluding hydrogens is 130 g/mol. The van der Waals surface area contributed by atoms with Crippen LogP contribution in [0.3, 0.4) is 0 Å². The fraction of sp³-hybridized carbons (Fsp3) is 0.857. The molecule has 2 atom stereocenters. The van der Waals surface area contributed by atoms with Gasteiger partial charge in [0.25, 0.3) is 0 Å². The van der Waals surface area contributed by atoms with E-state index in [9.17, 15) is 4.79 Å². The molecule has 2 unspecified atom stereocenters. The molecule has 3 heteroatoms. The first-order valence-corrected chi connectivity index (χ1v) is 3.62. The summed E-state index contributed by atoms with van der Waals surface area (Å²) in [5, 5.41) is 0. The number of primary amides is 1. The fourth-order valence-electron chi connectivity index (χ4n) is 1.81. The highest BCUT2D eigenvalue weighted by Gasteiger charge is 2.59. The van der Waals surface area contributed by atoms with Crippen LogP contribution >= 0.6 is 0 Å². The zero-order valence-corrected chi connectivity index (χ0v) is 5.80. The van der Waals surface area contributed by atoms with Crippen molar-refractivity contribution >= 4 is 5.91 Å². The van der Waals surface area contributed by atoms with E-state index in [4.69, 9.17) is 10.5 Å². The third kappa shape index (κ3) is 0.669. The van der Waals surface area contributed by atoms with Crippen LogP contribution in [0.25, 0.3) is 0 Å². The minimum atomic E-state index is -0.148. The van der Waals surface area contributed by atoms with Gasteiger partial charge in [0.1, 0.15) is 0 Å². The largest absolute Gasteiger partial charge is 0.381 e. The molecule has 1 heterocycles. The number of rotatable bonds is 1. The molecule has 1 aliphatic carbocycles. The normalized spacial score (nSPS) is 44.2. The maximum absolute atomic E-state index is 10.7. The molecule has 1 aliphatic heterocycles. The second kappa shape index (κ2) is 1.72. The van der Waals surface area contributed by atoms with Gasteiger partial charge in [-0.05, 0) is 12.8 Å². The smallest absolute Gasteiger partial charge is 0.221 e. The van der Waals surface area contributed by atoms with Crippen LogP contribution in [0.1, 0.15) is 12.8 Å². The van der Waals surface area contributed by atoms with Gasteiger partial charge in [-0.3, -0.25) is 4.79 Å². The molecule has 10 heavy (non-hydrogen) atoms. The Morgan fingerprint density at radius 1 is 1.70 bits per heavy atom. The molecular formula is C7H11NO2. The molecule has 1 saturated heterocycles. The molecule has 2 rings (SSSR count). The number of ether oxygens (including phenoxy) is 1. The van der Waals surface area contributed by atoms with E-state index in [0.717, 1.165) is 26.1 Å². The Labute approximate surface area is 59.5 Å². The summed E-state index contributed by atoms with van der Waals surface area (Å²) in [7, 11) is 0. The van der Waals surface area contributed by atoms with Crippen LogP contribution in [0.15, 0.2) is 0 Å². The quantitative estimate of drug-likeness (QED) is 0.554. The molecule has 0 aromatic carbocycles. The van der Waals surface area contributed by atoms with Gasteiger partial charge in [0, 0.05) is 17.9 Å². The Hall–Kier alpha value is -0.570. The standard InChI is InChI=1S/C7H11NO2/c8-6(9)5-3-7(5)1-2-10-4-7/h5H,1-4H2,(H2,8,9). The summed E-state index contributed by atoms with van der Waals surface area (Å²) < 4.78 is 5.19. The molecule has 0 aromatic heterocycles. The third-order valence-corrected chi connectivity index (χ3v) is 2.67. The Bertz CT molecular complexity index is 172. The average molecular weight is 141 g/mol. The number of carbonyl (C=O) groups is 1. The summed E-state index contributed by atoms with van der Waals surface area (Å²) >= 11 is 0. The van der Waals surface area contributed by atoms with Crippen molar-refractivity contribution < 1.29 is 9.53 Å². The Balaban J connectivity index is 2.04. The van der Waals surface area contributed by atoms with Crippen LogP contribution < -0.4 is 5.73 Å². The van der Waals surface area contributed by atoms with Gasteiger partial charge in [-0.25, -0.2) is 0 Å². The molecule has 3 nitrogen and oxygen atoms in total. The summed E-state index contributed by atoms with van der Waals surface area (Å²) in [6, 6.07) is 0. The van der Waals surface area contributed by atoms with Crippen LogP contribution in [0.4, 0.5) is 0 Å². The highest BCUT2D eigenvalue weighted by molar-refractivity contribution is 5.80. The second-order valence-corrected chi connectivity index (χ2v) is 3.32. The van der Waals surface area contributed by atoms with E-state index in [1.54, 1.807) is 0 Å². The number of hydrogen-bond acceptors (Lipinski definition) is 2. The lowest BCUT2D eigenvalue weighted by Gasteiger charge is -2.01. The van der Waals surface area contributed by atoms with E-state index < -0.39 is 0 Å². The molecule has 0 bridgehead atoms. The molecule has 56 valence electrons. The monoisotopic (exact) mass is 141 g/mol. The minimum absolute atomic E-state index is 0.120. The lowest BCUT2D eigenvalue weighted by molar-refractivity contribution is -0.120. The van der Waals surface area contributed by atoms with Crippen molar-refractivity contribution in [2.75, 3.05) is 13.2 Å². The molecule has 2 N–H and O–H groups in total. The van der Waals surface area contributed by atoms with Gasteiger partial charge < -0.3 is 10.5 Å².